The molecule has 2 atom stereocenters. The summed E-state index contributed by atoms with van der Waals surface area (Å²) in [6.07, 6.45) is 6.19. The van der Waals surface area contributed by atoms with Crippen LogP contribution in [0.1, 0.15) is 36.8 Å². The zero-order valence-electron chi connectivity index (χ0n) is 16.2. The van der Waals surface area contributed by atoms with Gasteiger partial charge in [0.2, 0.25) is 0 Å². The molecule has 0 spiro atoms. The molecule has 29 heavy (non-hydrogen) atoms. The van der Waals surface area contributed by atoms with Crippen molar-refractivity contribution in [1.82, 2.24) is 9.88 Å². The number of nitrogens with zero attached hydrogens (tertiary/aromatic N) is 2. The molecule has 3 aromatic rings. The molecule has 5 rings (SSSR count). The van der Waals surface area contributed by atoms with E-state index < -0.39 is 5.60 Å². The maximum absolute atomic E-state index is 12.8. The van der Waals surface area contributed by atoms with Gasteiger partial charge in [-0.3, -0.25) is 4.98 Å². The van der Waals surface area contributed by atoms with Crippen LogP contribution in [-0.2, 0) is 16.9 Å². The van der Waals surface area contributed by atoms with Crippen molar-refractivity contribution in [2.75, 3.05) is 0 Å². The Balaban J connectivity index is 1.36. The summed E-state index contributed by atoms with van der Waals surface area (Å²) in [5.41, 5.74) is 0.973. The molecular formula is C24H24N2O3. The molecular weight excluding hydrogens is 364 g/mol. The topological polar surface area (TPSA) is 62.7 Å². The first-order chi connectivity index (χ1) is 14.1. The molecule has 2 bridgehead atoms. The van der Waals surface area contributed by atoms with Crippen LogP contribution in [0.25, 0.3) is 10.8 Å². The van der Waals surface area contributed by atoms with Crippen molar-refractivity contribution in [3.63, 3.8) is 0 Å². The van der Waals surface area contributed by atoms with Gasteiger partial charge in [0.05, 0.1) is 5.60 Å². The maximum atomic E-state index is 12.8. The minimum atomic E-state index is -0.942. The number of fused-ring (bicyclic) bond motifs is 3. The number of aromatic nitrogens is 1. The van der Waals surface area contributed by atoms with Crippen LogP contribution in [0.3, 0.4) is 0 Å². The van der Waals surface area contributed by atoms with Crippen molar-refractivity contribution in [2.45, 2.75) is 50.0 Å². The minimum absolute atomic E-state index is 0.000818. The molecule has 2 aromatic carbocycles. The van der Waals surface area contributed by atoms with Gasteiger partial charge in [0.25, 0.3) is 0 Å². The van der Waals surface area contributed by atoms with Crippen LogP contribution in [0.5, 0.6) is 0 Å². The number of amides is 1. The first kappa shape index (κ1) is 18.1. The largest absolute Gasteiger partial charge is 0.445 e. The average molecular weight is 388 g/mol. The van der Waals surface area contributed by atoms with Crippen LogP contribution in [0.4, 0.5) is 4.79 Å². The van der Waals surface area contributed by atoms with Crippen LogP contribution >= 0.6 is 0 Å². The highest BCUT2D eigenvalue weighted by atomic mass is 16.6. The van der Waals surface area contributed by atoms with Crippen LogP contribution < -0.4 is 0 Å². The number of benzene rings is 2. The van der Waals surface area contributed by atoms with Crippen LogP contribution in [0.15, 0.2) is 67.0 Å². The fourth-order valence-electron chi connectivity index (χ4n) is 5.07. The van der Waals surface area contributed by atoms with Crippen molar-refractivity contribution in [3.05, 3.63) is 78.1 Å². The monoisotopic (exact) mass is 388 g/mol. The fourth-order valence-corrected chi connectivity index (χ4v) is 5.07. The predicted molar refractivity (Wildman–Crippen MR) is 110 cm³/mol. The van der Waals surface area contributed by atoms with E-state index in [9.17, 15) is 9.90 Å². The molecule has 3 heterocycles. The highest BCUT2D eigenvalue weighted by molar-refractivity contribution is 5.85. The number of carbonyl (C=O) groups is 1. The SMILES string of the molecule is O=C(OCc1ccccc1)N1C2CCC1CC(O)(c1cccc3cnccc13)C2. The Kier molecular flexibility index (Phi) is 4.47. The Hall–Kier alpha value is -2.92. The Morgan fingerprint density at radius 3 is 2.59 bits per heavy atom. The van der Waals surface area contributed by atoms with Gasteiger partial charge in [0.15, 0.2) is 0 Å². The van der Waals surface area contributed by atoms with Crippen molar-refractivity contribution < 1.29 is 14.6 Å². The van der Waals surface area contributed by atoms with E-state index in [2.05, 4.69) is 4.98 Å². The molecule has 5 nitrogen and oxygen atoms in total. The van der Waals surface area contributed by atoms with Gasteiger partial charge in [-0.1, -0.05) is 48.5 Å². The van der Waals surface area contributed by atoms with E-state index in [1.165, 1.54) is 0 Å². The highest BCUT2D eigenvalue weighted by Crippen LogP contribution is 2.47. The Labute approximate surface area is 169 Å². The summed E-state index contributed by atoms with van der Waals surface area (Å²) in [4.78, 5) is 18.9. The normalized spacial score (nSPS) is 25.9. The molecule has 0 saturated carbocycles. The molecule has 2 unspecified atom stereocenters. The summed E-state index contributed by atoms with van der Waals surface area (Å²) in [7, 11) is 0. The summed E-state index contributed by atoms with van der Waals surface area (Å²) in [6, 6.07) is 17.7. The second-order valence-corrected chi connectivity index (χ2v) is 8.17. The number of piperidine rings is 1. The molecule has 2 aliphatic rings. The van der Waals surface area contributed by atoms with Crippen molar-refractivity contribution >= 4 is 16.9 Å². The standard InChI is InChI=1S/C24H24N2O3/c27-23(29-16-17-5-2-1-3-6-17)26-19-9-10-20(26)14-24(28,13-19)22-8-4-7-18-15-25-12-11-21(18)22/h1-8,11-12,15,19-20,28H,9-10,13-14,16H2. The van der Waals surface area contributed by atoms with Crippen LogP contribution in [0.2, 0.25) is 0 Å². The van der Waals surface area contributed by atoms with E-state index in [4.69, 9.17) is 4.74 Å². The smallest absolute Gasteiger partial charge is 0.410 e. The van der Waals surface area contributed by atoms with E-state index >= 15 is 0 Å². The lowest BCUT2D eigenvalue weighted by Crippen LogP contribution is -2.52. The van der Waals surface area contributed by atoms with Gasteiger partial charge >= 0.3 is 6.09 Å². The van der Waals surface area contributed by atoms with Gasteiger partial charge in [0, 0.05) is 42.7 Å². The van der Waals surface area contributed by atoms with E-state index in [1.807, 2.05) is 65.7 Å². The number of hydrogen-bond acceptors (Lipinski definition) is 4. The van der Waals surface area contributed by atoms with Crippen molar-refractivity contribution in [3.8, 4) is 0 Å². The molecule has 148 valence electrons. The highest BCUT2D eigenvalue weighted by Gasteiger charge is 2.51. The van der Waals surface area contributed by atoms with E-state index in [-0.39, 0.29) is 24.8 Å². The maximum Gasteiger partial charge on any atom is 0.410 e. The van der Waals surface area contributed by atoms with Crippen LogP contribution in [0, 0.1) is 0 Å². The van der Waals surface area contributed by atoms with E-state index in [1.54, 1.807) is 6.20 Å². The number of hydrogen-bond donors (Lipinski definition) is 1. The Morgan fingerprint density at radius 2 is 1.83 bits per heavy atom. The zero-order valence-corrected chi connectivity index (χ0v) is 16.2. The minimum Gasteiger partial charge on any atom is -0.445 e. The lowest BCUT2D eigenvalue weighted by molar-refractivity contribution is -0.0527. The summed E-state index contributed by atoms with van der Waals surface area (Å²) in [5, 5.41) is 13.7. The molecule has 1 aromatic heterocycles. The molecule has 1 amide bonds. The average Bonchev–Trinajstić information content (AvgIpc) is 3.04. The molecule has 5 heteroatoms. The van der Waals surface area contributed by atoms with Crippen LogP contribution in [-0.4, -0.2) is 33.2 Å². The number of pyridine rings is 1. The van der Waals surface area contributed by atoms with Gasteiger partial charge in [-0.15, -0.1) is 0 Å². The van der Waals surface area contributed by atoms with E-state index in [0.717, 1.165) is 34.7 Å². The second-order valence-electron chi connectivity index (χ2n) is 8.17. The van der Waals surface area contributed by atoms with E-state index in [0.29, 0.717) is 12.8 Å². The van der Waals surface area contributed by atoms with Gasteiger partial charge < -0.3 is 14.7 Å². The predicted octanol–water partition coefficient (Wildman–Crippen LogP) is 4.39. The third-order valence-corrected chi connectivity index (χ3v) is 6.36. The lowest BCUT2D eigenvalue weighted by Gasteiger charge is -2.43. The van der Waals surface area contributed by atoms with Gasteiger partial charge in [0.1, 0.15) is 6.61 Å². The number of rotatable bonds is 3. The fraction of sp³-hybridized carbons (Fsp3) is 0.333. The van der Waals surface area contributed by atoms with Crippen molar-refractivity contribution in [1.29, 1.82) is 0 Å². The lowest BCUT2D eigenvalue weighted by atomic mass is 9.79. The molecule has 0 aliphatic carbocycles. The second kappa shape index (κ2) is 7.16. The number of aliphatic hydroxyl groups is 1. The molecule has 2 aliphatic heterocycles. The first-order valence-corrected chi connectivity index (χ1v) is 10.2. The van der Waals surface area contributed by atoms with Gasteiger partial charge in [-0.25, -0.2) is 4.79 Å². The summed E-state index contributed by atoms with van der Waals surface area (Å²) in [5.74, 6) is 0. The first-order valence-electron chi connectivity index (χ1n) is 10.2. The number of carbonyl (C=O) groups excluding carboxylic acids is 1. The molecule has 2 fully saturated rings. The summed E-state index contributed by atoms with van der Waals surface area (Å²) in [6.45, 7) is 0.274. The summed E-state index contributed by atoms with van der Waals surface area (Å²) < 4.78 is 5.59. The van der Waals surface area contributed by atoms with Gasteiger partial charge in [-0.2, -0.15) is 0 Å². The van der Waals surface area contributed by atoms with Crippen molar-refractivity contribution in [2.24, 2.45) is 0 Å². The molecule has 1 N–H and O–H groups in total. The Morgan fingerprint density at radius 1 is 1.07 bits per heavy atom. The zero-order chi connectivity index (χ0) is 19.8. The quantitative estimate of drug-likeness (QED) is 0.723. The third-order valence-electron chi connectivity index (χ3n) is 6.36. The number of ether oxygens (including phenoxy) is 1. The molecule has 2 saturated heterocycles. The van der Waals surface area contributed by atoms with Gasteiger partial charge in [-0.05, 0) is 35.4 Å². The Bertz CT molecular complexity index is 1020. The molecule has 0 radical (unpaired) electrons. The third kappa shape index (κ3) is 3.25. The summed E-state index contributed by atoms with van der Waals surface area (Å²) >= 11 is 0.